The minimum absolute atomic E-state index is 0.0726. The molecule has 0 bridgehead atoms. The number of aryl methyl sites for hydroxylation is 1. The summed E-state index contributed by atoms with van der Waals surface area (Å²) in [6.45, 7) is 1.53. The van der Waals surface area contributed by atoms with Crippen molar-refractivity contribution in [1.82, 2.24) is 10.1 Å². The zero-order chi connectivity index (χ0) is 16.4. The first-order chi connectivity index (χ1) is 11.1. The summed E-state index contributed by atoms with van der Waals surface area (Å²) in [6, 6.07) is 7.15. The Morgan fingerprint density at radius 3 is 2.87 bits per heavy atom. The molecule has 2 N–H and O–H groups in total. The number of nitrogens with two attached hydrogens (primary N) is 1. The van der Waals surface area contributed by atoms with Gasteiger partial charge in [0.2, 0.25) is 11.8 Å². The molecule has 0 aliphatic heterocycles. The number of ether oxygens (including phenoxy) is 1. The second-order valence-corrected chi connectivity index (χ2v) is 5.11. The Labute approximate surface area is 136 Å². The highest BCUT2D eigenvalue weighted by Crippen LogP contribution is 2.27. The van der Waals surface area contributed by atoms with Gasteiger partial charge >= 0.3 is 5.97 Å². The Kier molecular flexibility index (Phi) is 4.03. The molecule has 0 saturated carbocycles. The average molecular weight is 334 g/mol. The first kappa shape index (κ1) is 15.1. The van der Waals surface area contributed by atoms with Crippen molar-refractivity contribution in [2.45, 2.75) is 13.5 Å². The molecular formula is C15H12ClN3O4. The van der Waals surface area contributed by atoms with E-state index < -0.39 is 5.97 Å². The van der Waals surface area contributed by atoms with Gasteiger partial charge in [-0.3, -0.25) is 0 Å². The minimum atomic E-state index is -0.636. The maximum Gasteiger partial charge on any atom is 0.346 e. The molecule has 0 amide bonds. The summed E-state index contributed by atoms with van der Waals surface area (Å²) in [5.41, 5.74) is 7.11. The summed E-state index contributed by atoms with van der Waals surface area (Å²) < 4.78 is 15.2. The van der Waals surface area contributed by atoms with Gasteiger partial charge in [0.15, 0.2) is 0 Å². The molecule has 0 atom stereocenters. The van der Waals surface area contributed by atoms with Crippen molar-refractivity contribution in [2.75, 3.05) is 5.73 Å². The number of anilines is 1. The average Bonchev–Trinajstić information content (AvgIpc) is 3.12. The van der Waals surface area contributed by atoms with Gasteiger partial charge in [-0.1, -0.05) is 28.9 Å². The zero-order valence-corrected chi connectivity index (χ0v) is 12.8. The second kappa shape index (κ2) is 6.13. The van der Waals surface area contributed by atoms with Crippen LogP contribution in [-0.4, -0.2) is 16.1 Å². The number of halogens is 1. The molecular weight excluding hydrogens is 322 g/mol. The number of esters is 1. The molecule has 0 unspecified atom stereocenters. The highest BCUT2D eigenvalue weighted by Gasteiger charge is 2.20. The lowest BCUT2D eigenvalue weighted by Gasteiger charge is -2.01. The summed E-state index contributed by atoms with van der Waals surface area (Å²) in [7, 11) is 0. The fraction of sp³-hybridized carbons (Fsp3) is 0.133. The van der Waals surface area contributed by atoms with Crippen molar-refractivity contribution in [2.24, 2.45) is 0 Å². The number of aromatic nitrogens is 2. The molecule has 3 rings (SSSR count). The lowest BCUT2D eigenvalue weighted by molar-refractivity contribution is 0.0468. The van der Waals surface area contributed by atoms with E-state index in [2.05, 4.69) is 10.1 Å². The van der Waals surface area contributed by atoms with Crippen LogP contribution in [0.2, 0.25) is 5.02 Å². The Morgan fingerprint density at radius 1 is 1.39 bits per heavy atom. The molecule has 8 heteroatoms. The standard InChI is InChI=1S/C15H12ClN3O4/c1-8-12(13(17)23-19-8)15(20)22-7-9-6-21-14(18-9)10-4-2-3-5-11(10)16/h2-6H,7,17H2,1H3. The van der Waals surface area contributed by atoms with E-state index in [0.29, 0.717) is 27.9 Å². The Bertz CT molecular complexity index is 837. The molecule has 0 radical (unpaired) electrons. The summed E-state index contributed by atoms with van der Waals surface area (Å²) in [5, 5.41) is 4.12. The molecule has 2 heterocycles. The number of hydrogen-bond donors (Lipinski definition) is 1. The van der Waals surface area contributed by atoms with Crippen molar-refractivity contribution < 1.29 is 18.5 Å². The van der Waals surface area contributed by atoms with Gasteiger partial charge in [0.1, 0.15) is 24.1 Å². The lowest BCUT2D eigenvalue weighted by Crippen LogP contribution is -2.08. The normalized spacial score (nSPS) is 10.7. The van der Waals surface area contributed by atoms with Gasteiger partial charge in [-0.2, -0.15) is 0 Å². The Balaban J connectivity index is 1.71. The van der Waals surface area contributed by atoms with Gasteiger partial charge in [-0.05, 0) is 19.1 Å². The van der Waals surface area contributed by atoms with Gasteiger partial charge < -0.3 is 19.4 Å². The van der Waals surface area contributed by atoms with E-state index in [1.54, 1.807) is 19.1 Å². The van der Waals surface area contributed by atoms with Crippen LogP contribution >= 0.6 is 11.6 Å². The molecule has 1 aromatic carbocycles. The maximum absolute atomic E-state index is 12.0. The first-order valence-corrected chi connectivity index (χ1v) is 7.02. The number of carbonyl (C=O) groups is 1. The highest BCUT2D eigenvalue weighted by atomic mass is 35.5. The van der Waals surface area contributed by atoms with E-state index in [1.807, 2.05) is 12.1 Å². The quantitative estimate of drug-likeness (QED) is 0.731. The van der Waals surface area contributed by atoms with Crippen LogP contribution < -0.4 is 5.73 Å². The van der Waals surface area contributed by atoms with Crippen molar-refractivity contribution in [3.05, 3.63) is 52.5 Å². The van der Waals surface area contributed by atoms with E-state index in [0.717, 1.165) is 0 Å². The molecule has 23 heavy (non-hydrogen) atoms. The Morgan fingerprint density at radius 2 is 2.17 bits per heavy atom. The topological polar surface area (TPSA) is 104 Å². The van der Waals surface area contributed by atoms with Gasteiger partial charge in [0, 0.05) is 0 Å². The van der Waals surface area contributed by atoms with Crippen LogP contribution in [0.15, 0.2) is 39.5 Å². The molecule has 3 aromatic rings. The smallest absolute Gasteiger partial charge is 0.346 e. The van der Waals surface area contributed by atoms with E-state index in [4.69, 9.17) is 31.0 Å². The number of nitrogens with zero attached hydrogens (tertiary/aromatic N) is 2. The number of oxazole rings is 1. The molecule has 0 saturated heterocycles. The van der Waals surface area contributed by atoms with E-state index in [1.165, 1.54) is 6.26 Å². The zero-order valence-electron chi connectivity index (χ0n) is 12.1. The van der Waals surface area contributed by atoms with Crippen molar-refractivity contribution in [3.63, 3.8) is 0 Å². The van der Waals surface area contributed by atoms with Gasteiger partial charge in [-0.15, -0.1) is 0 Å². The van der Waals surface area contributed by atoms with Gasteiger partial charge in [0.05, 0.1) is 16.3 Å². The number of rotatable bonds is 4. The summed E-state index contributed by atoms with van der Waals surface area (Å²) in [6.07, 6.45) is 1.40. The monoisotopic (exact) mass is 333 g/mol. The first-order valence-electron chi connectivity index (χ1n) is 6.64. The van der Waals surface area contributed by atoms with Gasteiger partial charge in [0.25, 0.3) is 0 Å². The van der Waals surface area contributed by atoms with Crippen LogP contribution in [0.4, 0.5) is 5.88 Å². The maximum atomic E-state index is 12.0. The molecule has 118 valence electrons. The summed E-state index contributed by atoms with van der Waals surface area (Å²) in [5.74, 6) is -0.365. The van der Waals surface area contributed by atoms with Crippen LogP contribution in [0, 0.1) is 6.92 Å². The molecule has 7 nitrogen and oxygen atoms in total. The molecule has 2 aromatic heterocycles. The second-order valence-electron chi connectivity index (χ2n) is 4.71. The predicted molar refractivity (Wildman–Crippen MR) is 81.7 cm³/mol. The van der Waals surface area contributed by atoms with E-state index in [9.17, 15) is 4.79 Å². The fourth-order valence-corrected chi connectivity index (χ4v) is 2.20. The minimum Gasteiger partial charge on any atom is -0.455 e. The van der Waals surface area contributed by atoms with Crippen LogP contribution in [-0.2, 0) is 11.3 Å². The number of carbonyl (C=O) groups excluding carboxylic acids is 1. The number of benzene rings is 1. The molecule has 0 aliphatic carbocycles. The van der Waals surface area contributed by atoms with Crippen molar-refractivity contribution >= 4 is 23.5 Å². The predicted octanol–water partition coefficient (Wildman–Crippen LogP) is 3.23. The Hall–Kier alpha value is -2.80. The molecule has 0 aliphatic rings. The summed E-state index contributed by atoms with van der Waals surface area (Å²) in [4.78, 5) is 16.2. The fourth-order valence-electron chi connectivity index (χ4n) is 1.98. The van der Waals surface area contributed by atoms with Crippen molar-refractivity contribution in [1.29, 1.82) is 0 Å². The van der Waals surface area contributed by atoms with E-state index in [-0.39, 0.29) is 18.1 Å². The van der Waals surface area contributed by atoms with Crippen LogP contribution in [0.25, 0.3) is 11.5 Å². The SMILES string of the molecule is Cc1noc(N)c1C(=O)OCc1coc(-c2ccccc2Cl)n1. The third kappa shape index (κ3) is 3.04. The van der Waals surface area contributed by atoms with Crippen LogP contribution in [0.5, 0.6) is 0 Å². The number of hydrogen-bond acceptors (Lipinski definition) is 7. The van der Waals surface area contributed by atoms with Crippen molar-refractivity contribution in [3.8, 4) is 11.5 Å². The molecule has 0 spiro atoms. The van der Waals surface area contributed by atoms with E-state index >= 15 is 0 Å². The van der Waals surface area contributed by atoms with Gasteiger partial charge in [-0.25, -0.2) is 9.78 Å². The number of nitrogen functional groups attached to an aromatic ring is 1. The summed E-state index contributed by atoms with van der Waals surface area (Å²) >= 11 is 6.08. The third-order valence-electron chi connectivity index (χ3n) is 3.10. The third-order valence-corrected chi connectivity index (χ3v) is 3.43. The highest BCUT2D eigenvalue weighted by molar-refractivity contribution is 6.33. The lowest BCUT2D eigenvalue weighted by atomic mass is 10.2. The largest absolute Gasteiger partial charge is 0.455 e. The van der Waals surface area contributed by atoms with Crippen LogP contribution in [0.1, 0.15) is 21.7 Å². The molecule has 0 fully saturated rings. The van der Waals surface area contributed by atoms with Crippen LogP contribution in [0.3, 0.4) is 0 Å².